The van der Waals surface area contributed by atoms with Gasteiger partial charge in [-0.1, -0.05) is 17.3 Å². The van der Waals surface area contributed by atoms with Crippen LogP contribution >= 0.6 is 11.3 Å². The predicted octanol–water partition coefficient (Wildman–Crippen LogP) is 3.60. The fourth-order valence-corrected chi connectivity index (χ4v) is 5.86. The van der Waals surface area contributed by atoms with Crippen molar-refractivity contribution in [3.63, 3.8) is 0 Å². The Morgan fingerprint density at radius 3 is 2.87 bits per heavy atom. The molecular formula is C27H27N5O5S. The Morgan fingerprint density at radius 2 is 2.05 bits per heavy atom. The minimum Gasteiger partial charge on any atom is -0.454 e. The molecule has 2 aliphatic heterocycles. The van der Waals surface area contributed by atoms with Gasteiger partial charge in [-0.3, -0.25) is 14.5 Å². The van der Waals surface area contributed by atoms with Crippen LogP contribution in [-0.2, 0) is 20.9 Å². The number of amides is 2. The summed E-state index contributed by atoms with van der Waals surface area (Å²) >= 11 is 1.44. The lowest BCUT2D eigenvalue weighted by Gasteiger charge is -2.31. The van der Waals surface area contributed by atoms with Gasteiger partial charge in [0.15, 0.2) is 17.5 Å². The first-order chi connectivity index (χ1) is 18.6. The van der Waals surface area contributed by atoms with E-state index in [9.17, 15) is 9.59 Å². The lowest BCUT2D eigenvalue weighted by Crippen LogP contribution is -2.46. The van der Waals surface area contributed by atoms with E-state index < -0.39 is 6.04 Å². The molecule has 4 aromatic rings. The van der Waals surface area contributed by atoms with E-state index in [2.05, 4.69) is 15.6 Å². The van der Waals surface area contributed by atoms with Gasteiger partial charge >= 0.3 is 0 Å². The maximum atomic E-state index is 14.1. The monoisotopic (exact) mass is 533 g/mol. The molecule has 38 heavy (non-hydrogen) atoms. The summed E-state index contributed by atoms with van der Waals surface area (Å²) in [5.74, 6) is 0.521. The first-order valence-electron chi connectivity index (χ1n) is 12.5. The van der Waals surface area contributed by atoms with E-state index in [-0.39, 0.29) is 31.3 Å². The van der Waals surface area contributed by atoms with Crippen molar-refractivity contribution in [3.05, 3.63) is 64.4 Å². The number of hydrogen-bond acceptors (Lipinski definition) is 8. The van der Waals surface area contributed by atoms with E-state index in [0.29, 0.717) is 35.9 Å². The largest absolute Gasteiger partial charge is 0.454 e. The van der Waals surface area contributed by atoms with Crippen molar-refractivity contribution >= 4 is 39.9 Å². The molecular weight excluding hydrogens is 506 g/mol. The summed E-state index contributed by atoms with van der Waals surface area (Å²) in [5, 5.41) is 13.4. The second-order valence-electron chi connectivity index (χ2n) is 9.29. The molecule has 0 spiro atoms. The van der Waals surface area contributed by atoms with Crippen LogP contribution in [0.25, 0.3) is 11.0 Å². The predicted molar refractivity (Wildman–Crippen MR) is 141 cm³/mol. The highest BCUT2D eigenvalue weighted by Crippen LogP contribution is 2.39. The number of carbonyl (C=O) groups is 2. The zero-order valence-electron chi connectivity index (χ0n) is 20.8. The van der Waals surface area contributed by atoms with Crippen LogP contribution in [0.3, 0.4) is 0 Å². The summed E-state index contributed by atoms with van der Waals surface area (Å²) in [4.78, 5) is 30.3. The third kappa shape index (κ3) is 4.70. The number of nitrogens with zero attached hydrogens (tertiary/aromatic N) is 4. The van der Waals surface area contributed by atoms with E-state index in [1.54, 1.807) is 22.9 Å². The number of anilines is 1. The van der Waals surface area contributed by atoms with Crippen molar-refractivity contribution in [2.24, 2.45) is 0 Å². The number of rotatable bonds is 8. The fourth-order valence-electron chi connectivity index (χ4n) is 4.85. The Balaban J connectivity index is 1.39. The number of hydrogen-bond donors (Lipinski definition) is 1. The second-order valence-corrected chi connectivity index (χ2v) is 10.2. The average molecular weight is 534 g/mol. The molecule has 10 nitrogen and oxygen atoms in total. The smallest absolute Gasteiger partial charge is 0.249 e. The summed E-state index contributed by atoms with van der Waals surface area (Å²) in [6.07, 6.45) is 1.84. The number of nitrogens with one attached hydrogen (secondary N) is 1. The minimum atomic E-state index is -0.904. The zero-order chi connectivity index (χ0) is 26.1. The number of para-hydroxylation sites is 1. The Kier molecular flexibility index (Phi) is 6.69. The summed E-state index contributed by atoms with van der Waals surface area (Å²) in [6.45, 7) is 3.03. The number of ether oxygens (including phenoxy) is 3. The SMILES string of the molecule is Cc1ccsc1[C@H](C(=O)NC[C@H]1CCCO1)N(C(=O)Cn1nnc2ccccc21)c1ccc2c(c1)OCO2. The summed E-state index contributed by atoms with van der Waals surface area (Å²) < 4.78 is 18.3. The van der Waals surface area contributed by atoms with Crippen molar-refractivity contribution in [1.29, 1.82) is 0 Å². The molecule has 0 unspecified atom stereocenters. The van der Waals surface area contributed by atoms with Crippen LogP contribution in [0.4, 0.5) is 5.69 Å². The maximum Gasteiger partial charge on any atom is 0.249 e. The van der Waals surface area contributed by atoms with E-state index >= 15 is 0 Å². The Hall–Kier alpha value is -3.96. The molecule has 2 aromatic heterocycles. The number of carbonyl (C=O) groups excluding carboxylic acids is 2. The highest BCUT2D eigenvalue weighted by Gasteiger charge is 2.36. The zero-order valence-corrected chi connectivity index (χ0v) is 21.6. The van der Waals surface area contributed by atoms with Gasteiger partial charge in [-0.15, -0.1) is 16.4 Å². The van der Waals surface area contributed by atoms with E-state index in [1.165, 1.54) is 16.2 Å². The fraction of sp³-hybridized carbons (Fsp3) is 0.333. The molecule has 1 N–H and O–H groups in total. The maximum absolute atomic E-state index is 14.1. The molecule has 0 radical (unpaired) electrons. The average Bonchev–Trinajstić information content (AvgIpc) is 3.74. The second kappa shape index (κ2) is 10.4. The van der Waals surface area contributed by atoms with Crippen LogP contribution in [0.1, 0.15) is 29.3 Å². The Bertz CT molecular complexity index is 1480. The quantitative estimate of drug-likeness (QED) is 0.369. The molecule has 2 atom stereocenters. The molecule has 4 heterocycles. The van der Waals surface area contributed by atoms with Crippen LogP contribution in [0.15, 0.2) is 53.9 Å². The van der Waals surface area contributed by atoms with Gasteiger partial charge in [0.2, 0.25) is 18.6 Å². The van der Waals surface area contributed by atoms with Gasteiger partial charge in [-0.05, 0) is 61.0 Å². The van der Waals surface area contributed by atoms with E-state index in [0.717, 1.165) is 28.8 Å². The molecule has 196 valence electrons. The van der Waals surface area contributed by atoms with Gasteiger partial charge in [0.1, 0.15) is 12.1 Å². The molecule has 2 aromatic carbocycles. The van der Waals surface area contributed by atoms with E-state index in [4.69, 9.17) is 14.2 Å². The molecule has 1 saturated heterocycles. The van der Waals surface area contributed by atoms with Crippen molar-refractivity contribution < 1.29 is 23.8 Å². The lowest BCUT2D eigenvalue weighted by atomic mass is 10.1. The van der Waals surface area contributed by atoms with Crippen molar-refractivity contribution in [2.45, 2.75) is 38.5 Å². The summed E-state index contributed by atoms with van der Waals surface area (Å²) in [6, 6.07) is 13.8. The topological polar surface area (TPSA) is 108 Å². The number of aromatic nitrogens is 3. The molecule has 0 saturated carbocycles. The van der Waals surface area contributed by atoms with Crippen molar-refractivity contribution in [1.82, 2.24) is 20.3 Å². The Morgan fingerprint density at radius 1 is 1.18 bits per heavy atom. The highest BCUT2D eigenvalue weighted by atomic mass is 32.1. The standard InChI is InChI=1S/C27H27N5O5S/c1-17-10-12-38-26(17)25(27(34)28-14-19-5-4-11-35-19)32(18-8-9-22-23(13-18)37-16-36-22)24(33)15-31-21-7-3-2-6-20(21)29-30-31/h2-3,6-10,12-13,19,25H,4-5,11,14-16H2,1H3,(H,28,34)/t19-,25-/m1/s1. The molecule has 6 rings (SSSR count). The van der Waals surface area contributed by atoms with Crippen LogP contribution in [0.2, 0.25) is 0 Å². The number of thiophene rings is 1. The van der Waals surface area contributed by atoms with Crippen LogP contribution in [-0.4, -0.2) is 52.9 Å². The Labute approximate surface area is 223 Å². The normalized spacial score (nSPS) is 17.0. The van der Waals surface area contributed by atoms with Gasteiger partial charge < -0.3 is 19.5 Å². The van der Waals surface area contributed by atoms with Crippen LogP contribution < -0.4 is 19.7 Å². The number of benzene rings is 2. The number of aryl methyl sites for hydroxylation is 1. The third-order valence-corrected chi connectivity index (χ3v) is 7.86. The first kappa shape index (κ1) is 24.4. The summed E-state index contributed by atoms with van der Waals surface area (Å²) in [5.41, 5.74) is 2.87. The molecule has 0 aliphatic carbocycles. The molecule has 11 heteroatoms. The first-order valence-corrected chi connectivity index (χ1v) is 13.4. The molecule has 1 fully saturated rings. The van der Waals surface area contributed by atoms with Gasteiger partial charge in [0.05, 0.1) is 11.6 Å². The van der Waals surface area contributed by atoms with Crippen LogP contribution in [0.5, 0.6) is 11.5 Å². The molecule has 2 aliphatic rings. The third-order valence-electron chi connectivity index (χ3n) is 6.79. The summed E-state index contributed by atoms with van der Waals surface area (Å²) in [7, 11) is 0. The lowest BCUT2D eigenvalue weighted by molar-refractivity contribution is -0.127. The minimum absolute atomic E-state index is 0.0276. The van der Waals surface area contributed by atoms with Crippen LogP contribution in [0, 0.1) is 6.92 Å². The van der Waals surface area contributed by atoms with E-state index in [1.807, 2.05) is 42.6 Å². The van der Waals surface area contributed by atoms with Gasteiger partial charge in [-0.2, -0.15) is 0 Å². The molecule has 2 amide bonds. The molecule has 0 bridgehead atoms. The van der Waals surface area contributed by atoms with Crippen molar-refractivity contribution in [2.75, 3.05) is 24.8 Å². The highest BCUT2D eigenvalue weighted by molar-refractivity contribution is 7.10. The number of fused-ring (bicyclic) bond motifs is 2. The van der Waals surface area contributed by atoms with Gasteiger partial charge in [-0.25, -0.2) is 4.68 Å². The van der Waals surface area contributed by atoms with Gasteiger partial charge in [0, 0.05) is 29.8 Å². The van der Waals surface area contributed by atoms with Crippen molar-refractivity contribution in [3.8, 4) is 11.5 Å². The van der Waals surface area contributed by atoms with Gasteiger partial charge in [0.25, 0.3) is 0 Å².